The molecule has 1 saturated heterocycles. The quantitative estimate of drug-likeness (QED) is 0.491. The predicted octanol–water partition coefficient (Wildman–Crippen LogP) is 2.10. The van der Waals surface area contributed by atoms with Crippen molar-refractivity contribution < 1.29 is 9.53 Å². The SMILES string of the molecule is CCOC(=O)C1CCN(C(=S)N[C@H]2C[C@@H]3C=C[C@@H]2C3)CC1. The molecule has 2 bridgehead atoms. The average Bonchev–Trinajstić information content (AvgIpc) is 3.10. The number of hydrogen-bond donors (Lipinski definition) is 1. The van der Waals surface area contributed by atoms with Gasteiger partial charge in [0.05, 0.1) is 12.5 Å². The Bertz CT molecular complexity index is 444. The lowest BCUT2D eigenvalue weighted by Gasteiger charge is -2.34. The molecule has 0 spiro atoms. The molecule has 21 heavy (non-hydrogen) atoms. The van der Waals surface area contributed by atoms with E-state index in [1.54, 1.807) is 0 Å². The van der Waals surface area contributed by atoms with E-state index in [9.17, 15) is 4.79 Å². The second kappa shape index (κ2) is 6.34. The molecule has 3 atom stereocenters. The fourth-order valence-electron chi connectivity index (χ4n) is 3.77. The number of hydrogen-bond acceptors (Lipinski definition) is 3. The number of likely N-dealkylation sites (tertiary alicyclic amines) is 1. The first kappa shape index (κ1) is 14.8. The monoisotopic (exact) mass is 308 g/mol. The number of carbonyl (C=O) groups excluding carboxylic acids is 1. The predicted molar refractivity (Wildman–Crippen MR) is 85.8 cm³/mol. The summed E-state index contributed by atoms with van der Waals surface area (Å²) in [4.78, 5) is 14.0. The number of allylic oxidation sites excluding steroid dienone is 1. The highest BCUT2D eigenvalue weighted by Crippen LogP contribution is 2.39. The zero-order chi connectivity index (χ0) is 14.8. The van der Waals surface area contributed by atoms with E-state index >= 15 is 0 Å². The highest BCUT2D eigenvalue weighted by Gasteiger charge is 2.36. The van der Waals surface area contributed by atoms with Crippen molar-refractivity contribution in [2.45, 2.75) is 38.6 Å². The van der Waals surface area contributed by atoms with Crippen LogP contribution in [0.4, 0.5) is 0 Å². The van der Waals surface area contributed by atoms with Gasteiger partial charge >= 0.3 is 5.97 Å². The van der Waals surface area contributed by atoms with Gasteiger partial charge in [0.2, 0.25) is 0 Å². The summed E-state index contributed by atoms with van der Waals surface area (Å²) >= 11 is 5.56. The number of ether oxygens (including phenoxy) is 1. The number of piperidine rings is 1. The molecule has 1 N–H and O–H groups in total. The Kier molecular flexibility index (Phi) is 4.48. The highest BCUT2D eigenvalue weighted by molar-refractivity contribution is 7.80. The van der Waals surface area contributed by atoms with E-state index in [2.05, 4.69) is 22.4 Å². The summed E-state index contributed by atoms with van der Waals surface area (Å²) in [5.74, 6) is 1.42. The molecule has 0 amide bonds. The summed E-state index contributed by atoms with van der Waals surface area (Å²) in [6, 6.07) is 0.510. The van der Waals surface area contributed by atoms with Gasteiger partial charge in [0.1, 0.15) is 0 Å². The molecule has 0 aromatic rings. The van der Waals surface area contributed by atoms with Gasteiger partial charge in [0.25, 0.3) is 0 Å². The first-order valence-electron chi connectivity index (χ1n) is 8.07. The van der Waals surface area contributed by atoms with Crippen molar-refractivity contribution in [3.05, 3.63) is 12.2 Å². The second-order valence-corrected chi connectivity index (χ2v) is 6.74. The first-order valence-corrected chi connectivity index (χ1v) is 8.48. The molecule has 3 rings (SSSR count). The van der Waals surface area contributed by atoms with E-state index in [0.717, 1.165) is 37.0 Å². The molecule has 2 aliphatic carbocycles. The van der Waals surface area contributed by atoms with Crippen LogP contribution >= 0.6 is 12.2 Å². The van der Waals surface area contributed by atoms with Crippen LogP contribution in [0.5, 0.6) is 0 Å². The van der Waals surface area contributed by atoms with Gasteiger partial charge < -0.3 is 15.0 Å². The standard InChI is InChI=1S/C16H24N2O2S/c1-2-20-15(19)12-5-7-18(8-6-12)16(21)17-14-10-11-3-4-13(14)9-11/h3-4,11-14H,2,5-10H2,1H3,(H,17,21)/t11-,13-,14+/m1/s1. The van der Waals surface area contributed by atoms with Gasteiger partial charge in [0.15, 0.2) is 5.11 Å². The van der Waals surface area contributed by atoms with Crippen molar-refractivity contribution in [2.75, 3.05) is 19.7 Å². The second-order valence-electron chi connectivity index (χ2n) is 6.35. The van der Waals surface area contributed by atoms with Crippen LogP contribution in [0.1, 0.15) is 32.6 Å². The summed E-state index contributed by atoms with van der Waals surface area (Å²) in [5, 5.41) is 4.40. The lowest BCUT2D eigenvalue weighted by atomic mass is 9.97. The molecule has 0 unspecified atom stereocenters. The third-order valence-electron chi connectivity index (χ3n) is 4.99. The Hall–Kier alpha value is -1.10. The normalized spacial score (nSPS) is 31.5. The van der Waals surface area contributed by atoms with E-state index in [4.69, 9.17) is 17.0 Å². The van der Waals surface area contributed by atoms with Crippen LogP contribution in [0.25, 0.3) is 0 Å². The molecular formula is C16H24N2O2S. The Morgan fingerprint density at radius 1 is 1.33 bits per heavy atom. The van der Waals surface area contributed by atoms with Crippen LogP contribution in [-0.2, 0) is 9.53 Å². The zero-order valence-electron chi connectivity index (χ0n) is 12.6. The molecule has 0 aromatic heterocycles. The minimum absolute atomic E-state index is 0.0470. The first-order chi connectivity index (χ1) is 10.2. The van der Waals surface area contributed by atoms with Crippen molar-refractivity contribution in [2.24, 2.45) is 17.8 Å². The van der Waals surface area contributed by atoms with Crippen LogP contribution in [0.15, 0.2) is 12.2 Å². The Labute approximate surface area is 131 Å². The van der Waals surface area contributed by atoms with Gasteiger partial charge in [-0.25, -0.2) is 0 Å². The van der Waals surface area contributed by atoms with E-state index in [1.165, 1.54) is 12.8 Å². The van der Waals surface area contributed by atoms with E-state index in [0.29, 0.717) is 18.6 Å². The van der Waals surface area contributed by atoms with Gasteiger partial charge in [-0.2, -0.15) is 0 Å². The minimum Gasteiger partial charge on any atom is -0.466 e. The highest BCUT2D eigenvalue weighted by atomic mass is 32.1. The number of rotatable bonds is 3. The molecular weight excluding hydrogens is 284 g/mol. The molecule has 1 saturated carbocycles. The van der Waals surface area contributed by atoms with E-state index in [-0.39, 0.29) is 11.9 Å². The number of fused-ring (bicyclic) bond motifs is 2. The Morgan fingerprint density at radius 2 is 2.10 bits per heavy atom. The molecule has 5 heteroatoms. The molecule has 2 fully saturated rings. The van der Waals surface area contributed by atoms with Gasteiger partial charge in [-0.1, -0.05) is 12.2 Å². The molecule has 4 nitrogen and oxygen atoms in total. The number of esters is 1. The third-order valence-corrected chi connectivity index (χ3v) is 5.37. The van der Waals surface area contributed by atoms with E-state index < -0.39 is 0 Å². The summed E-state index contributed by atoms with van der Waals surface area (Å²) < 4.78 is 5.10. The van der Waals surface area contributed by atoms with Crippen LogP contribution in [0.2, 0.25) is 0 Å². The lowest BCUT2D eigenvalue weighted by molar-refractivity contribution is -0.149. The summed E-state index contributed by atoms with van der Waals surface area (Å²) in [6.45, 7) is 4.03. The molecule has 116 valence electrons. The van der Waals surface area contributed by atoms with Crippen LogP contribution in [0, 0.1) is 17.8 Å². The van der Waals surface area contributed by atoms with Gasteiger partial charge in [-0.15, -0.1) is 0 Å². The van der Waals surface area contributed by atoms with Crippen LogP contribution < -0.4 is 5.32 Å². The maximum Gasteiger partial charge on any atom is 0.309 e. The molecule has 0 radical (unpaired) electrons. The Balaban J connectivity index is 1.45. The van der Waals surface area contributed by atoms with Crippen molar-refractivity contribution in [1.29, 1.82) is 0 Å². The van der Waals surface area contributed by atoms with Crippen molar-refractivity contribution in [1.82, 2.24) is 10.2 Å². The number of nitrogens with zero attached hydrogens (tertiary/aromatic N) is 1. The molecule has 0 aromatic carbocycles. The maximum atomic E-state index is 11.7. The van der Waals surface area contributed by atoms with Crippen LogP contribution in [-0.4, -0.2) is 41.7 Å². The zero-order valence-corrected chi connectivity index (χ0v) is 13.4. The van der Waals surface area contributed by atoms with Crippen molar-refractivity contribution in [3.8, 4) is 0 Å². The fourth-order valence-corrected chi connectivity index (χ4v) is 4.11. The van der Waals surface area contributed by atoms with Gasteiger partial charge in [-0.05, 0) is 56.7 Å². The average molecular weight is 308 g/mol. The minimum atomic E-state index is -0.0470. The van der Waals surface area contributed by atoms with Crippen molar-refractivity contribution in [3.63, 3.8) is 0 Å². The third kappa shape index (κ3) is 3.23. The summed E-state index contributed by atoms with van der Waals surface area (Å²) in [6.07, 6.45) is 8.86. The summed E-state index contributed by atoms with van der Waals surface area (Å²) in [7, 11) is 0. The smallest absolute Gasteiger partial charge is 0.309 e. The van der Waals surface area contributed by atoms with E-state index in [1.807, 2.05) is 6.92 Å². The van der Waals surface area contributed by atoms with Gasteiger partial charge in [-0.3, -0.25) is 4.79 Å². The molecule has 1 heterocycles. The molecule has 3 aliphatic rings. The van der Waals surface area contributed by atoms with Crippen LogP contribution in [0.3, 0.4) is 0 Å². The fraction of sp³-hybridized carbons (Fsp3) is 0.750. The maximum absolute atomic E-state index is 11.7. The topological polar surface area (TPSA) is 41.6 Å². The van der Waals surface area contributed by atoms with Gasteiger partial charge in [0, 0.05) is 19.1 Å². The molecule has 1 aliphatic heterocycles. The number of nitrogens with one attached hydrogen (secondary N) is 1. The summed E-state index contributed by atoms with van der Waals surface area (Å²) in [5.41, 5.74) is 0. The lowest BCUT2D eigenvalue weighted by Crippen LogP contribution is -2.49. The number of carbonyl (C=O) groups is 1. The number of thiocarbonyl (C=S) groups is 1. The van der Waals surface area contributed by atoms with Crippen molar-refractivity contribution >= 4 is 23.3 Å². The Morgan fingerprint density at radius 3 is 2.67 bits per heavy atom. The largest absolute Gasteiger partial charge is 0.466 e.